The van der Waals surface area contributed by atoms with Gasteiger partial charge in [-0.25, -0.2) is 0 Å². The van der Waals surface area contributed by atoms with Crippen LogP contribution >= 0.6 is 0 Å². The summed E-state index contributed by atoms with van der Waals surface area (Å²) in [5.41, 5.74) is 3.26. The highest BCUT2D eigenvalue weighted by atomic mass is 16.4. The average Bonchev–Trinajstić information content (AvgIpc) is 3.05. The van der Waals surface area contributed by atoms with Gasteiger partial charge in [0.25, 0.3) is 0 Å². The lowest BCUT2D eigenvalue weighted by Gasteiger charge is -2.39. The molecular formula is C20H21N3O. The summed E-state index contributed by atoms with van der Waals surface area (Å²) in [4.78, 5) is 0. The molecule has 2 aromatic carbocycles. The molecule has 0 bridgehead atoms. The Hall–Kier alpha value is -2.46. The normalized spacial score (nSPS) is 15.9. The van der Waals surface area contributed by atoms with Gasteiger partial charge in [0.05, 0.1) is 5.54 Å². The van der Waals surface area contributed by atoms with Gasteiger partial charge in [0.1, 0.15) is 0 Å². The van der Waals surface area contributed by atoms with E-state index in [0.29, 0.717) is 11.8 Å². The van der Waals surface area contributed by atoms with E-state index in [2.05, 4.69) is 58.8 Å². The van der Waals surface area contributed by atoms with E-state index in [4.69, 9.17) is 4.42 Å². The fraction of sp³-hybridized carbons (Fsp3) is 0.300. The molecule has 1 aromatic heterocycles. The molecule has 3 aromatic rings. The number of benzene rings is 2. The number of aryl methyl sites for hydroxylation is 1. The first-order valence-electron chi connectivity index (χ1n) is 8.45. The number of nitrogens with one attached hydrogen (secondary N) is 1. The number of hydrogen-bond acceptors (Lipinski definition) is 4. The van der Waals surface area contributed by atoms with E-state index in [1.54, 1.807) is 0 Å². The van der Waals surface area contributed by atoms with Crippen LogP contribution in [0, 0.1) is 6.92 Å². The predicted octanol–water partition coefficient (Wildman–Crippen LogP) is 4.21. The lowest BCUT2D eigenvalue weighted by molar-refractivity contribution is 0.141. The van der Waals surface area contributed by atoms with Crippen molar-refractivity contribution in [1.82, 2.24) is 15.5 Å². The smallest absolute Gasteiger partial charge is 0.247 e. The van der Waals surface area contributed by atoms with Crippen molar-refractivity contribution in [3.63, 3.8) is 0 Å². The van der Waals surface area contributed by atoms with Crippen LogP contribution < -0.4 is 5.32 Å². The molecule has 1 heterocycles. The van der Waals surface area contributed by atoms with E-state index in [1.165, 1.54) is 17.5 Å². The zero-order chi connectivity index (χ0) is 16.4. The maximum atomic E-state index is 6.04. The molecule has 0 amide bonds. The van der Waals surface area contributed by atoms with Crippen LogP contribution in [-0.4, -0.2) is 10.2 Å². The third kappa shape index (κ3) is 2.85. The van der Waals surface area contributed by atoms with Gasteiger partial charge in [-0.2, -0.15) is 0 Å². The Morgan fingerprint density at radius 3 is 2.58 bits per heavy atom. The third-order valence-electron chi connectivity index (χ3n) is 4.78. The summed E-state index contributed by atoms with van der Waals surface area (Å²) in [6, 6.07) is 18.6. The molecule has 1 saturated carbocycles. The first kappa shape index (κ1) is 15.1. The second kappa shape index (κ2) is 6.21. The summed E-state index contributed by atoms with van der Waals surface area (Å²) in [5.74, 6) is 1.31. The molecule has 0 radical (unpaired) electrons. The van der Waals surface area contributed by atoms with Crippen molar-refractivity contribution in [2.45, 2.75) is 38.3 Å². The van der Waals surface area contributed by atoms with Crippen molar-refractivity contribution in [3.8, 4) is 11.5 Å². The van der Waals surface area contributed by atoms with Crippen LogP contribution in [0.2, 0.25) is 0 Å². The van der Waals surface area contributed by atoms with E-state index >= 15 is 0 Å². The fourth-order valence-corrected chi connectivity index (χ4v) is 3.18. The molecular weight excluding hydrogens is 298 g/mol. The zero-order valence-corrected chi connectivity index (χ0v) is 13.8. The molecule has 0 saturated heterocycles. The zero-order valence-electron chi connectivity index (χ0n) is 13.8. The second-order valence-electron chi connectivity index (χ2n) is 6.56. The van der Waals surface area contributed by atoms with Gasteiger partial charge >= 0.3 is 0 Å². The van der Waals surface area contributed by atoms with Gasteiger partial charge in [0.2, 0.25) is 11.8 Å². The van der Waals surface area contributed by atoms with Gasteiger partial charge in [-0.1, -0.05) is 48.0 Å². The van der Waals surface area contributed by atoms with Gasteiger partial charge in [0, 0.05) is 12.1 Å². The monoisotopic (exact) mass is 319 g/mol. The van der Waals surface area contributed by atoms with Crippen LogP contribution in [0.5, 0.6) is 0 Å². The quantitative estimate of drug-likeness (QED) is 0.765. The van der Waals surface area contributed by atoms with Gasteiger partial charge in [-0.15, -0.1) is 10.2 Å². The Labute approximate surface area is 141 Å². The van der Waals surface area contributed by atoms with Crippen LogP contribution in [0.4, 0.5) is 0 Å². The van der Waals surface area contributed by atoms with Crippen molar-refractivity contribution in [2.24, 2.45) is 0 Å². The summed E-state index contributed by atoms with van der Waals surface area (Å²) in [7, 11) is 0. The molecule has 1 aliphatic rings. The molecule has 1 aliphatic carbocycles. The summed E-state index contributed by atoms with van der Waals surface area (Å²) in [5, 5.41) is 12.3. The number of hydrogen-bond donors (Lipinski definition) is 1. The van der Waals surface area contributed by atoms with Crippen molar-refractivity contribution in [1.29, 1.82) is 0 Å². The van der Waals surface area contributed by atoms with Crippen LogP contribution in [0.1, 0.15) is 36.3 Å². The van der Waals surface area contributed by atoms with Gasteiger partial charge in [0.15, 0.2) is 0 Å². The van der Waals surface area contributed by atoms with Crippen LogP contribution in [0.25, 0.3) is 11.5 Å². The van der Waals surface area contributed by atoms with Gasteiger partial charge in [-0.05, 0) is 43.9 Å². The number of aromatic nitrogens is 2. The van der Waals surface area contributed by atoms with E-state index < -0.39 is 0 Å². The molecule has 1 fully saturated rings. The molecule has 0 unspecified atom stereocenters. The fourth-order valence-electron chi connectivity index (χ4n) is 3.18. The summed E-state index contributed by atoms with van der Waals surface area (Å²) in [6.45, 7) is 2.87. The first-order chi connectivity index (χ1) is 11.8. The van der Waals surface area contributed by atoms with E-state index in [1.807, 2.05) is 18.2 Å². The minimum Gasteiger partial charge on any atom is -0.419 e. The molecule has 0 atom stereocenters. The molecule has 1 N–H and O–H groups in total. The standard InChI is InChI=1S/C20H21N3O/c1-15-7-5-10-17(13-15)18-22-23-19(24-18)20(11-6-12-20)21-14-16-8-3-2-4-9-16/h2-5,7-10,13,21H,6,11-12,14H2,1H3. The second-order valence-corrected chi connectivity index (χ2v) is 6.56. The van der Waals surface area contributed by atoms with Crippen LogP contribution in [-0.2, 0) is 12.1 Å². The van der Waals surface area contributed by atoms with Crippen molar-refractivity contribution >= 4 is 0 Å². The highest BCUT2D eigenvalue weighted by Gasteiger charge is 2.43. The summed E-state index contributed by atoms with van der Waals surface area (Å²) >= 11 is 0. The van der Waals surface area contributed by atoms with E-state index in [0.717, 1.165) is 24.9 Å². The highest BCUT2D eigenvalue weighted by molar-refractivity contribution is 5.53. The lowest BCUT2D eigenvalue weighted by atomic mass is 9.76. The Morgan fingerprint density at radius 2 is 1.88 bits per heavy atom. The Morgan fingerprint density at radius 1 is 1.04 bits per heavy atom. The molecule has 4 rings (SSSR count). The summed E-state index contributed by atoms with van der Waals surface area (Å²) in [6.07, 6.45) is 3.26. The van der Waals surface area contributed by atoms with E-state index in [9.17, 15) is 0 Å². The average molecular weight is 319 g/mol. The predicted molar refractivity (Wildman–Crippen MR) is 93.3 cm³/mol. The maximum absolute atomic E-state index is 6.04. The topological polar surface area (TPSA) is 51.0 Å². The lowest BCUT2D eigenvalue weighted by Crippen LogP contribution is -2.47. The SMILES string of the molecule is Cc1cccc(-c2nnc(C3(NCc4ccccc4)CCC3)o2)c1. The molecule has 4 nitrogen and oxygen atoms in total. The molecule has 4 heteroatoms. The third-order valence-corrected chi connectivity index (χ3v) is 4.78. The molecule has 122 valence electrons. The molecule has 0 spiro atoms. The Balaban J connectivity index is 1.55. The largest absolute Gasteiger partial charge is 0.419 e. The van der Waals surface area contributed by atoms with Gasteiger partial charge < -0.3 is 4.42 Å². The highest BCUT2D eigenvalue weighted by Crippen LogP contribution is 2.41. The van der Waals surface area contributed by atoms with Crippen LogP contribution in [0.15, 0.2) is 59.0 Å². The maximum Gasteiger partial charge on any atom is 0.247 e. The summed E-state index contributed by atoms with van der Waals surface area (Å²) < 4.78 is 6.04. The first-order valence-corrected chi connectivity index (χ1v) is 8.45. The Bertz CT molecular complexity index is 822. The number of rotatable bonds is 5. The number of nitrogens with zero attached hydrogens (tertiary/aromatic N) is 2. The van der Waals surface area contributed by atoms with Crippen LogP contribution in [0.3, 0.4) is 0 Å². The minimum absolute atomic E-state index is 0.176. The van der Waals surface area contributed by atoms with Crippen molar-refractivity contribution < 1.29 is 4.42 Å². The van der Waals surface area contributed by atoms with Gasteiger partial charge in [-0.3, -0.25) is 5.32 Å². The Kier molecular flexibility index (Phi) is 3.90. The van der Waals surface area contributed by atoms with Crippen molar-refractivity contribution in [3.05, 3.63) is 71.6 Å². The van der Waals surface area contributed by atoms with E-state index in [-0.39, 0.29) is 5.54 Å². The van der Waals surface area contributed by atoms with Crippen molar-refractivity contribution in [2.75, 3.05) is 0 Å². The molecule has 0 aliphatic heterocycles. The minimum atomic E-state index is -0.176. The molecule has 24 heavy (non-hydrogen) atoms.